The molecule has 0 unspecified atom stereocenters. The van der Waals surface area contributed by atoms with Gasteiger partial charge in [-0.3, -0.25) is 9.30 Å². The zero-order chi connectivity index (χ0) is 20.0. The topological polar surface area (TPSA) is 47.6 Å². The van der Waals surface area contributed by atoms with Crippen molar-refractivity contribution in [3.8, 4) is 6.07 Å². The van der Waals surface area contributed by atoms with Crippen molar-refractivity contribution in [2.24, 2.45) is 0 Å². The van der Waals surface area contributed by atoms with E-state index < -0.39 is 0 Å². The number of aromatic nitrogens is 2. The van der Waals surface area contributed by atoms with Gasteiger partial charge in [-0.2, -0.15) is 5.26 Å². The first-order chi connectivity index (χ1) is 14.2. The van der Waals surface area contributed by atoms with Crippen LogP contribution in [0.15, 0.2) is 24.3 Å². The van der Waals surface area contributed by atoms with Gasteiger partial charge in [-0.05, 0) is 49.4 Å². The molecule has 2 aliphatic rings. The zero-order valence-corrected chi connectivity index (χ0v) is 17.5. The molecule has 1 aromatic carbocycles. The first kappa shape index (κ1) is 18.4. The lowest BCUT2D eigenvalue weighted by molar-refractivity contribution is 0.187. The molecule has 3 heterocycles. The molecule has 150 valence electrons. The van der Waals surface area contributed by atoms with Gasteiger partial charge in [0.25, 0.3) is 0 Å². The average Bonchev–Trinajstić information content (AvgIpc) is 3.41. The van der Waals surface area contributed by atoms with Crippen LogP contribution in [0, 0.1) is 18.3 Å². The molecule has 2 fully saturated rings. The average molecular weight is 388 g/mol. The Morgan fingerprint density at radius 1 is 1.10 bits per heavy atom. The Kier molecular flexibility index (Phi) is 4.67. The van der Waals surface area contributed by atoms with E-state index in [-0.39, 0.29) is 0 Å². The predicted molar refractivity (Wildman–Crippen MR) is 118 cm³/mol. The highest BCUT2D eigenvalue weighted by Gasteiger charge is 2.29. The van der Waals surface area contributed by atoms with Gasteiger partial charge in [0.15, 0.2) is 5.65 Å². The van der Waals surface area contributed by atoms with Crippen LogP contribution in [-0.4, -0.2) is 46.5 Å². The molecule has 5 rings (SSSR count). The van der Waals surface area contributed by atoms with E-state index in [9.17, 15) is 5.26 Å². The third kappa shape index (κ3) is 2.89. The molecule has 1 aliphatic heterocycles. The number of benzene rings is 1. The molecule has 2 aromatic heterocycles. The molecule has 1 saturated carbocycles. The second kappa shape index (κ2) is 7.35. The highest BCUT2D eigenvalue weighted by atomic mass is 15.3. The van der Waals surface area contributed by atoms with Crippen LogP contribution < -0.4 is 4.90 Å². The summed E-state index contributed by atoms with van der Waals surface area (Å²) in [4.78, 5) is 10.1. The Morgan fingerprint density at radius 3 is 2.52 bits per heavy atom. The largest absolute Gasteiger partial charge is 0.355 e. The molecule has 0 amide bonds. The molecule has 0 atom stereocenters. The third-order valence-electron chi connectivity index (χ3n) is 7.01. The number of para-hydroxylation sites is 2. The highest BCUT2D eigenvalue weighted by Crippen LogP contribution is 2.34. The number of hydrogen-bond donors (Lipinski definition) is 0. The van der Waals surface area contributed by atoms with E-state index in [0.717, 1.165) is 60.9 Å². The summed E-state index contributed by atoms with van der Waals surface area (Å²) in [6.45, 7) is 8.62. The van der Waals surface area contributed by atoms with Gasteiger partial charge in [0, 0.05) is 32.2 Å². The maximum absolute atomic E-state index is 9.90. The minimum Gasteiger partial charge on any atom is -0.355 e. The van der Waals surface area contributed by atoms with Gasteiger partial charge in [0.05, 0.1) is 16.6 Å². The predicted octanol–water partition coefficient (Wildman–Crippen LogP) is 4.29. The number of fused-ring (bicyclic) bond motifs is 3. The van der Waals surface area contributed by atoms with Gasteiger partial charge in [-0.15, -0.1) is 0 Å². The number of nitrogens with zero attached hydrogens (tertiary/aromatic N) is 5. The molecular weight excluding hydrogens is 358 g/mol. The van der Waals surface area contributed by atoms with E-state index in [1.807, 2.05) is 12.1 Å². The van der Waals surface area contributed by atoms with Crippen molar-refractivity contribution >= 4 is 22.5 Å². The molecule has 5 heteroatoms. The van der Waals surface area contributed by atoms with E-state index in [4.69, 9.17) is 4.98 Å². The van der Waals surface area contributed by atoms with Crippen LogP contribution in [0.4, 0.5) is 5.82 Å². The number of hydrogen-bond acceptors (Lipinski definition) is 4. The summed E-state index contributed by atoms with van der Waals surface area (Å²) in [7, 11) is 0. The maximum atomic E-state index is 9.90. The molecule has 1 saturated heterocycles. The first-order valence-electron chi connectivity index (χ1n) is 11.0. The van der Waals surface area contributed by atoms with Crippen molar-refractivity contribution in [2.45, 2.75) is 52.0 Å². The fourth-order valence-electron chi connectivity index (χ4n) is 5.49. The summed E-state index contributed by atoms with van der Waals surface area (Å²) in [6.07, 6.45) is 6.43. The lowest BCUT2D eigenvalue weighted by Gasteiger charge is -2.40. The van der Waals surface area contributed by atoms with Crippen LogP contribution in [-0.2, 0) is 6.42 Å². The van der Waals surface area contributed by atoms with Crippen LogP contribution in [0.3, 0.4) is 0 Å². The van der Waals surface area contributed by atoms with Gasteiger partial charge in [-0.25, -0.2) is 4.98 Å². The Balaban J connectivity index is 1.64. The molecule has 29 heavy (non-hydrogen) atoms. The van der Waals surface area contributed by atoms with E-state index in [1.54, 1.807) is 0 Å². The summed E-state index contributed by atoms with van der Waals surface area (Å²) in [6, 6.07) is 11.5. The van der Waals surface area contributed by atoms with Crippen LogP contribution in [0.1, 0.15) is 49.3 Å². The van der Waals surface area contributed by atoms with Crippen molar-refractivity contribution in [1.29, 1.82) is 5.26 Å². The monoisotopic (exact) mass is 387 g/mol. The minimum atomic E-state index is 0.714. The first-order valence-corrected chi connectivity index (χ1v) is 11.0. The molecule has 0 radical (unpaired) electrons. The second-order valence-electron chi connectivity index (χ2n) is 8.49. The number of imidazole rings is 1. The number of pyridine rings is 1. The SMILES string of the molecule is CCc1c(C)c(C#N)c2nc3ccccc3n2c1N1CCN(C2CCCC2)CC1. The summed E-state index contributed by atoms with van der Waals surface area (Å²) in [5.74, 6) is 1.25. The maximum Gasteiger partial charge on any atom is 0.157 e. The fraction of sp³-hybridized carbons (Fsp3) is 0.500. The number of piperazine rings is 1. The van der Waals surface area contributed by atoms with Gasteiger partial charge in [-0.1, -0.05) is 31.9 Å². The molecule has 3 aromatic rings. The van der Waals surface area contributed by atoms with Gasteiger partial charge in [0.2, 0.25) is 0 Å². The van der Waals surface area contributed by atoms with Crippen molar-refractivity contribution in [3.05, 3.63) is 41.0 Å². The quantitative estimate of drug-likeness (QED) is 0.672. The smallest absolute Gasteiger partial charge is 0.157 e. The van der Waals surface area contributed by atoms with Crippen LogP contribution in [0.25, 0.3) is 16.7 Å². The molecule has 0 spiro atoms. The molecule has 0 bridgehead atoms. The van der Waals surface area contributed by atoms with Crippen molar-refractivity contribution in [3.63, 3.8) is 0 Å². The molecular formula is C24H29N5. The minimum absolute atomic E-state index is 0.714. The summed E-state index contributed by atoms with van der Waals surface area (Å²) >= 11 is 0. The van der Waals surface area contributed by atoms with E-state index in [1.165, 1.54) is 37.1 Å². The molecule has 5 nitrogen and oxygen atoms in total. The van der Waals surface area contributed by atoms with Crippen LogP contribution >= 0.6 is 0 Å². The second-order valence-corrected chi connectivity index (χ2v) is 8.49. The Labute approximate surface area is 172 Å². The molecule has 0 N–H and O–H groups in total. The lowest BCUT2D eigenvalue weighted by Crippen LogP contribution is -2.50. The van der Waals surface area contributed by atoms with Crippen LogP contribution in [0.5, 0.6) is 0 Å². The Hall–Kier alpha value is -2.58. The summed E-state index contributed by atoms with van der Waals surface area (Å²) in [5, 5.41) is 9.90. The zero-order valence-electron chi connectivity index (χ0n) is 17.5. The fourth-order valence-corrected chi connectivity index (χ4v) is 5.49. The summed E-state index contributed by atoms with van der Waals surface area (Å²) in [5.41, 5.74) is 5.95. The number of nitriles is 1. The third-order valence-corrected chi connectivity index (χ3v) is 7.01. The van der Waals surface area contributed by atoms with Crippen molar-refractivity contribution < 1.29 is 0 Å². The Bertz CT molecular complexity index is 1090. The van der Waals surface area contributed by atoms with Crippen LogP contribution in [0.2, 0.25) is 0 Å². The Morgan fingerprint density at radius 2 is 1.83 bits per heavy atom. The lowest BCUT2D eigenvalue weighted by atomic mass is 10.0. The van der Waals surface area contributed by atoms with E-state index >= 15 is 0 Å². The van der Waals surface area contributed by atoms with E-state index in [2.05, 4.69) is 46.2 Å². The van der Waals surface area contributed by atoms with Gasteiger partial charge < -0.3 is 4.90 Å². The van der Waals surface area contributed by atoms with Gasteiger partial charge >= 0.3 is 0 Å². The standard InChI is InChI=1S/C24H29N5/c1-3-19-17(2)20(16-25)23-26-21-10-6-7-11-22(21)29(23)24(19)28-14-12-27(13-15-28)18-8-4-5-9-18/h6-7,10-11,18H,3-5,8-9,12-15H2,1-2H3. The van der Waals surface area contributed by atoms with Crippen molar-refractivity contribution in [2.75, 3.05) is 31.1 Å². The highest BCUT2D eigenvalue weighted by molar-refractivity contribution is 5.86. The molecule has 1 aliphatic carbocycles. The number of anilines is 1. The van der Waals surface area contributed by atoms with Crippen molar-refractivity contribution in [1.82, 2.24) is 14.3 Å². The summed E-state index contributed by atoms with van der Waals surface area (Å²) < 4.78 is 2.25. The normalized spacial score (nSPS) is 18.7. The number of rotatable bonds is 3. The van der Waals surface area contributed by atoms with Gasteiger partial charge in [0.1, 0.15) is 11.9 Å². The van der Waals surface area contributed by atoms with E-state index in [0.29, 0.717) is 5.56 Å².